The summed E-state index contributed by atoms with van der Waals surface area (Å²) in [6.45, 7) is 4.16. The third-order valence-corrected chi connectivity index (χ3v) is 7.86. The first kappa shape index (κ1) is 34.1. The first-order valence-electron chi connectivity index (χ1n) is 15.0. The Bertz CT molecular complexity index is 1410. The summed E-state index contributed by atoms with van der Waals surface area (Å²) in [4.78, 5) is 55.6. The number of phenols is 1. The molecule has 0 saturated heterocycles. The summed E-state index contributed by atoms with van der Waals surface area (Å²) in [5, 5.41) is 28.4. The lowest BCUT2D eigenvalue weighted by molar-refractivity contribution is -0.142. The molecule has 1 aromatic heterocycles. The van der Waals surface area contributed by atoms with Crippen molar-refractivity contribution in [3.05, 3.63) is 65.9 Å². The number of rotatable bonds is 17. The quantitative estimate of drug-likeness (QED) is 0.105. The number of aromatic hydroxyl groups is 1. The summed E-state index contributed by atoms with van der Waals surface area (Å²) < 4.78 is 0. The number of H-pyrrole nitrogens is 1. The predicted molar refractivity (Wildman–Crippen MR) is 168 cm³/mol. The molecule has 0 aliphatic heterocycles. The number of hydrogen-bond acceptors (Lipinski definition) is 7. The molecule has 238 valence electrons. The molecule has 10 N–H and O–H groups in total. The zero-order valence-corrected chi connectivity index (χ0v) is 25.2. The number of aromatic nitrogens is 1. The number of nitrogens with one attached hydrogen (secondary N) is 4. The lowest BCUT2D eigenvalue weighted by Crippen LogP contribution is -2.58. The number of benzene rings is 2. The van der Waals surface area contributed by atoms with Crippen LogP contribution in [-0.2, 0) is 32.0 Å². The van der Waals surface area contributed by atoms with Crippen molar-refractivity contribution in [1.29, 1.82) is 0 Å². The van der Waals surface area contributed by atoms with Gasteiger partial charge in [-0.3, -0.25) is 14.4 Å². The van der Waals surface area contributed by atoms with Gasteiger partial charge in [0.15, 0.2) is 0 Å². The molecule has 0 aliphatic rings. The molecule has 12 nitrogen and oxygen atoms in total. The summed E-state index contributed by atoms with van der Waals surface area (Å²) in [6, 6.07) is 9.37. The highest BCUT2D eigenvalue weighted by Gasteiger charge is 2.31. The Balaban J connectivity index is 1.89. The largest absolute Gasteiger partial charge is 0.508 e. The number of unbranched alkanes of at least 4 members (excludes halogenated alkanes) is 1. The molecule has 44 heavy (non-hydrogen) atoms. The van der Waals surface area contributed by atoms with Crippen molar-refractivity contribution >= 4 is 34.6 Å². The highest BCUT2D eigenvalue weighted by atomic mass is 16.4. The lowest BCUT2D eigenvalue weighted by Gasteiger charge is -2.26. The minimum absolute atomic E-state index is 0.00707. The van der Waals surface area contributed by atoms with Crippen LogP contribution in [0.2, 0.25) is 0 Å². The molecule has 0 aliphatic carbocycles. The Labute approximate surface area is 257 Å². The van der Waals surface area contributed by atoms with Gasteiger partial charge in [-0.25, -0.2) is 4.79 Å². The highest BCUT2D eigenvalue weighted by molar-refractivity contribution is 5.95. The predicted octanol–water partition coefficient (Wildman–Crippen LogP) is 1.70. The van der Waals surface area contributed by atoms with Gasteiger partial charge in [0.2, 0.25) is 17.7 Å². The monoisotopic (exact) mass is 608 g/mol. The van der Waals surface area contributed by atoms with Gasteiger partial charge in [-0.2, -0.15) is 0 Å². The number of nitrogens with two attached hydrogens (primary N) is 2. The lowest BCUT2D eigenvalue weighted by atomic mass is 9.97. The molecule has 3 aromatic rings. The van der Waals surface area contributed by atoms with E-state index in [0.29, 0.717) is 31.4 Å². The first-order valence-corrected chi connectivity index (χ1v) is 15.0. The summed E-state index contributed by atoms with van der Waals surface area (Å²) >= 11 is 0. The number of phenolic OH excluding ortho intramolecular Hbond substituents is 1. The van der Waals surface area contributed by atoms with E-state index >= 15 is 0 Å². The van der Waals surface area contributed by atoms with Gasteiger partial charge < -0.3 is 42.6 Å². The number of carbonyl (C=O) groups excluding carboxylic acids is 3. The molecule has 2 aromatic carbocycles. The van der Waals surface area contributed by atoms with Crippen molar-refractivity contribution in [2.45, 2.75) is 76.5 Å². The van der Waals surface area contributed by atoms with Crippen LogP contribution in [0.4, 0.5) is 0 Å². The molecule has 5 atom stereocenters. The Hall–Kier alpha value is -4.42. The zero-order valence-electron chi connectivity index (χ0n) is 25.2. The smallest absolute Gasteiger partial charge is 0.326 e. The SMILES string of the molecule is CCC(C)C(N)C(=O)NC(Cc1c[nH]c2ccccc12)C(=O)NC(Cc1ccc(O)cc1)C(=O)NC(CCCCN)C(=O)O. The highest BCUT2D eigenvalue weighted by Crippen LogP contribution is 2.20. The van der Waals surface area contributed by atoms with Crippen molar-refractivity contribution in [3.63, 3.8) is 0 Å². The number of aromatic amines is 1. The topological polar surface area (TPSA) is 213 Å². The number of fused-ring (bicyclic) bond motifs is 1. The van der Waals surface area contributed by atoms with Gasteiger partial charge in [0, 0.05) is 29.9 Å². The molecular formula is C32H44N6O6. The van der Waals surface area contributed by atoms with Crippen molar-refractivity contribution in [3.8, 4) is 5.75 Å². The molecule has 0 fully saturated rings. The summed E-state index contributed by atoms with van der Waals surface area (Å²) in [7, 11) is 0. The van der Waals surface area contributed by atoms with E-state index in [4.69, 9.17) is 11.5 Å². The Morgan fingerprint density at radius 2 is 1.48 bits per heavy atom. The second-order valence-electron chi connectivity index (χ2n) is 11.2. The van der Waals surface area contributed by atoms with E-state index in [-0.39, 0.29) is 30.9 Å². The van der Waals surface area contributed by atoms with E-state index in [1.807, 2.05) is 38.1 Å². The van der Waals surface area contributed by atoms with Gasteiger partial charge in [0.1, 0.15) is 23.9 Å². The molecule has 3 rings (SSSR count). The van der Waals surface area contributed by atoms with Gasteiger partial charge in [0.05, 0.1) is 6.04 Å². The number of aliphatic carboxylic acids is 1. The molecule has 3 amide bonds. The fraction of sp³-hybridized carbons (Fsp3) is 0.438. The average molecular weight is 609 g/mol. The Morgan fingerprint density at radius 3 is 2.11 bits per heavy atom. The summed E-state index contributed by atoms with van der Waals surface area (Å²) in [5.41, 5.74) is 14.0. The number of carbonyl (C=O) groups is 4. The fourth-order valence-electron chi connectivity index (χ4n) is 4.88. The van der Waals surface area contributed by atoms with Gasteiger partial charge in [0.25, 0.3) is 0 Å². The standard InChI is InChI=1S/C32H44N6O6/c1-3-19(2)28(34)31(42)38-27(17-21-18-35-24-9-5-4-8-23(21)24)30(41)37-26(16-20-11-13-22(39)14-12-20)29(40)36-25(32(43)44)10-6-7-15-33/h4-5,8-9,11-14,18-19,25-28,35,39H,3,6-7,10,15-17,33-34H2,1-2H3,(H,36,40)(H,37,41)(H,38,42)(H,43,44). The minimum Gasteiger partial charge on any atom is -0.508 e. The molecule has 5 unspecified atom stereocenters. The minimum atomic E-state index is -1.20. The van der Waals surface area contributed by atoms with E-state index in [1.54, 1.807) is 18.3 Å². The van der Waals surface area contributed by atoms with Crippen LogP contribution < -0.4 is 27.4 Å². The maximum absolute atomic E-state index is 13.9. The van der Waals surface area contributed by atoms with Crippen LogP contribution in [0, 0.1) is 5.92 Å². The Morgan fingerprint density at radius 1 is 0.864 bits per heavy atom. The van der Waals surface area contributed by atoms with Gasteiger partial charge >= 0.3 is 5.97 Å². The maximum atomic E-state index is 13.9. The van der Waals surface area contributed by atoms with Crippen molar-refractivity contribution < 1.29 is 29.4 Å². The molecule has 0 saturated carbocycles. The number of hydrogen-bond donors (Lipinski definition) is 8. The van der Waals surface area contributed by atoms with E-state index in [1.165, 1.54) is 12.1 Å². The third kappa shape index (κ3) is 9.55. The maximum Gasteiger partial charge on any atom is 0.326 e. The molecule has 0 spiro atoms. The Kier molecular flexibility index (Phi) is 12.7. The fourth-order valence-corrected chi connectivity index (χ4v) is 4.88. The number of carboxylic acids is 1. The van der Waals surface area contributed by atoms with Gasteiger partial charge in [-0.05, 0) is 61.1 Å². The molecule has 0 bridgehead atoms. The normalized spacial score (nSPS) is 14.6. The van der Waals surface area contributed by atoms with E-state index < -0.39 is 47.9 Å². The van der Waals surface area contributed by atoms with Crippen molar-refractivity contribution in [2.75, 3.05) is 6.54 Å². The van der Waals surface area contributed by atoms with Crippen LogP contribution in [0.15, 0.2) is 54.7 Å². The first-order chi connectivity index (χ1) is 21.0. The van der Waals surface area contributed by atoms with Crippen molar-refractivity contribution in [2.24, 2.45) is 17.4 Å². The molecule has 0 radical (unpaired) electrons. The molecule has 1 heterocycles. The average Bonchev–Trinajstić information content (AvgIpc) is 3.42. The number of amides is 3. The van der Waals surface area contributed by atoms with E-state index in [2.05, 4.69) is 20.9 Å². The molecule has 12 heteroatoms. The van der Waals surface area contributed by atoms with E-state index in [0.717, 1.165) is 16.5 Å². The number of para-hydroxylation sites is 1. The van der Waals surface area contributed by atoms with Crippen LogP contribution in [0.5, 0.6) is 5.75 Å². The van der Waals surface area contributed by atoms with E-state index in [9.17, 15) is 29.4 Å². The summed E-state index contributed by atoms with van der Waals surface area (Å²) in [6.07, 6.45) is 3.82. The van der Waals surface area contributed by atoms with Crippen LogP contribution in [0.25, 0.3) is 10.9 Å². The van der Waals surface area contributed by atoms with Crippen LogP contribution >= 0.6 is 0 Å². The zero-order chi connectivity index (χ0) is 32.2. The van der Waals surface area contributed by atoms with Gasteiger partial charge in [-0.1, -0.05) is 50.6 Å². The van der Waals surface area contributed by atoms with Crippen molar-refractivity contribution in [1.82, 2.24) is 20.9 Å². The second kappa shape index (κ2) is 16.4. The molecular weight excluding hydrogens is 564 g/mol. The second-order valence-corrected chi connectivity index (χ2v) is 11.2. The van der Waals surface area contributed by atoms with Gasteiger partial charge in [-0.15, -0.1) is 0 Å². The van der Waals surface area contributed by atoms with Crippen LogP contribution in [0.3, 0.4) is 0 Å². The summed E-state index contributed by atoms with van der Waals surface area (Å²) in [5.74, 6) is -3.12. The third-order valence-electron chi connectivity index (χ3n) is 7.86. The van der Waals surface area contributed by atoms with Crippen LogP contribution in [-0.4, -0.2) is 69.6 Å². The van der Waals surface area contributed by atoms with Crippen LogP contribution in [0.1, 0.15) is 50.7 Å². The number of carboxylic acid groups (broad SMARTS) is 1.